The van der Waals surface area contributed by atoms with Crippen molar-refractivity contribution in [3.63, 3.8) is 0 Å². The van der Waals surface area contributed by atoms with Crippen molar-refractivity contribution >= 4 is 27.6 Å². The number of hydrogen-bond donors (Lipinski definition) is 3. The molecule has 0 radical (unpaired) electrons. The van der Waals surface area contributed by atoms with E-state index in [0.29, 0.717) is 24.9 Å². The lowest BCUT2D eigenvalue weighted by atomic mass is 9.73. The van der Waals surface area contributed by atoms with E-state index in [4.69, 9.17) is 4.74 Å². The molecule has 1 saturated carbocycles. The van der Waals surface area contributed by atoms with E-state index < -0.39 is 12.2 Å². The second-order valence-electron chi connectivity index (χ2n) is 9.63. The molecule has 7 nitrogen and oxygen atoms in total. The van der Waals surface area contributed by atoms with Gasteiger partial charge in [0.2, 0.25) is 0 Å². The minimum atomic E-state index is -0.995. The second-order valence-corrected chi connectivity index (χ2v) is 10.5. The number of rotatable bonds is 5. The Morgan fingerprint density at radius 1 is 1.03 bits per heavy atom. The van der Waals surface area contributed by atoms with Crippen LogP contribution in [0.3, 0.4) is 0 Å². The standard InChI is InChI=1S/C26H32BrN3O4/c1-2-21-25(16-3-5-17(27)6-4-16)22-13-29(14-23(31)24(32)15-30(21)22)26(33)28-18-7-9-19(10-8-18)34-20-11-12-20/h3-10,20-25,31-32H,2,11-15H2,1H3,(H,28,33)/t21-,22+,23-,24+,25+/m1/s1. The van der Waals surface area contributed by atoms with Crippen LogP contribution in [0.4, 0.5) is 10.5 Å². The van der Waals surface area contributed by atoms with Gasteiger partial charge in [-0.25, -0.2) is 4.79 Å². The summed E-state index contributed by atoms with van der Waals surface area (Å²) in [5, 5.41) is 24.2. The fraction of sp³-hybridized carbons (Fsp3) is 0.500. The van der Waals surface area contributed by atoms with Gasteiger partial charge in [-0.1, -0.05) is 35.0 Å². The van der Waals surface area contributed by atoms with E-state index in [2.05, 4.69) is 45.2 Å². The van der Waals surface area contributed by atoms with Gasteiger partial charge in [-0.3, -0.25) is 4.90 Å². The summed E-state index contributed by atoms with van der Waals surface area (Å²) in [5.41, 5.74) is 1.91. The van der Waals surface area contributed by atoms with E-state index in [1.807, 2.05) is 36.4 Å². The molecule has 2 aromatic rings. The predicted octanol–water partition coefficient (Wildman–Crippen LogP) is 3.81. The molecule has 5 rings (SSSR count). The summed E-state index contributed by atoms with van der Waals surface area (Å²) < 4.78 is 6.81. The lowest BCUT2D eigenvalue weighted by molar-refractivity contribution is -0.102. The zero-order valence-corrected chi connectivity index (χ0v) is 20.9. The molecule has 8 heteroatoms. The lowest BCUT2D eigenvalue weighted by Gasteiger charge is -2.58. The van der Waals surface area contributed by atoms with Gasteiger partial charge < -0.3 is 25.2 Å². The van der Waals surface area contributed by atoms with Gasteiger partial charge in [-0.05, 0) is 61.2 Å². The van der Waals surface area contributed by atoms with Crippen LogP contribution >= 0.6 is 15.9 Å². The van der Waals surface area contributed by atoms with E-state index in [0.717, 1.165) is 29.5 Å². The molecular weight excluding hydrogens is 498 g/mol. The molecule has 2 saturated heterocycles. The summed E-state index contributed by atoms with van der Waals surface area (Å²) in [6.45, 7) is 3.13. The number of urea groups is 1. The van der Waals surface area contributed by atoms with Crippen LogP contribution in [0.25, 0.3) is 0 Å². The van der Waals surface area contributed by atoms with Crippen molar-refractivity contribution in [3.05, 3.63) is 58.6 Å². The van der Waals surface area contributed by atoms with E-state index in [-0.39, 0.29) is 30.6 Å². The molecule has 2 aromatic carbocycles. The molecule has 5 atom stereocenters. The number of aliphatic hydroxyl groups excluding tert-OH is 2. The highest BCUT2D eigenvalue weighted by Gasteiger charge is 2.50. The molecule has 2 heterocycles. The maximum atomic E-state index is 13.2. The molecule has 1 aliphatic carbocycles. The van der Waals surface area contributed by atoms with Gasteiger partial charge in [-0.2, -0.15) is 0 Å². The van der Waals surface area contributed by atoms with Crippen LogP contribution in [0.1, 0.15) is 37.7 Å². The Bertz CT molecular complexity index is 998. The van der Waals surface area contributed by atoms with Crippen molar-refractivity contribution in [2.45, 2.75) is 62.5 Å². The molecule has 0 aromatic heterocycles. The minimum absolute atomic E-state index is 0.0772. The number of hydrogen-bond acceptors (Lipinski definition) is 5. The smallest absolute Gasteiger partial charge is 0.321 e. The quantitative estimate of drug-likeness (QED) is 0.548. The summed E-state index contributed by atoms with van der Waals surface area (Å²) in [6.07, 6.45) is 1.55. The SMILES string of the molecule is CC[C@@H]1[C@H](c2ccc(Br)cc2)[C@@H]2CN(C(=O)Nc3ccc(OC4CC4)cc3)C[C@@H](O)[C@@H](O)CN12. The fourth-order valence-corrected chi connectivity index (χ4v) is 5.53. The summed E-state index contributed by atoms with van der Waals surface area (Å²) in [4.78, 5) is 17.1. The number of anilines is 1. The molecule has 3 N–H and O–H groups in total. The Morgan fingerprint density at radius 2 is 1.71 bits per heavy atom. The van der Waals surface area contributed by atoms with Gasteiger partial charge in [-0.15, -0.1) is 0 Å². The zero-order chi connectivity index (χ0) is 23.8. The Morgan fingerprint density at radius 3 is 2.35 bits per heavy atom. The van der Waals surface area contributed by atoms with Gasteiger partial charge in [0, 0.05) is 41.3 Å². The van der Waals surface area contributed by atoms with Gasteiger partial charge in [0.25, 0.3) is 0 Å². The summed E-state index contributed by atoms with van der Waals surface area (Å²) in [5.74, 6) is 1.06. The van der Waals surface area contributed by atoms with Crippen LogP contribution in [0.15, 0.2) is 53.0 Å². The maximum absolute atomic E-state index is 13.2. The average Bonchev–Trinajstić information content (AvgIpc) is 3.64. The number of fused-ring (bicyclic) bond motifs is 1. The third kappa shape index (κ3) is 4.96. The van der Waals surface area contributed by atoms with E-state index in [1.165, 1.54) is 5.56 Å². The molecule has 0 bridgehead atoms. The third-order valence-corrected chi connectivity index (χ3v) is 7.76. The molecule has 3 fully saturated rings. The Labute approximate surface area is 208 Å². The molecule has 182 valence electrons. The van der Waals surface area contributed by atoms with E-state index in [9.17, 15) is 15.0 Å². The largest absolute Gasteiger partial charge is 0.490 e. The zero-order valence-electron chi connectivity index (χ0n) is 19.3. The van der Waals surface area contributed by atoms with Crippen LogP contribution in [0.5, 0.6) is 5.75 Å². The first kappa shape index (κ1) is 23.6. The average molecular weight is 530 g/mol. The number of aliphatic hydroxyl groups is 2. The predicted molar refractivity (Wildman–Crippen MR) is 134 cm³/mol. The van der Waals surface area contributed by atoms with Crippen molar-refractivity contribution in [3.8, 4) is 5.75 Å². The third-order valence-electron chi connectivity index (χ3n) is 7.23. The Hall–Kier alpha value is -2.13. The van der Waals surface area contributed by atoms with Gasteiger partial charge in [0.1, 0.15) is 5.75 Å². The van der Waals surface area contributed by atoms with Crippen molar-refractivity contribution in [2.75, 3.05) is 25.0 Å². The van der Waals surface area contributed by atoms with E-state index >= 15 is 0 Å². The number of β-amino-alcohol motifs (C(OH)–C–C–N with tert-alkyl or cyclic N) is 1. The van der Waals surface area contributed by atoms with Gasteiger partial charge in [0.15, 0.2) is 0 Å². The molecule has 2 aliphatic heterocycles. The van der Waals surface area contributed by atoms with Crippen molar-refractivity contribution in [1.29, 1.82) is 0 Å². The Kier molecular flexibility index (Phi) is 6.84. The highest BCUT2D eigenvalue weighted by molar-refractivity contribution is 9.10. The summed E-state index contributed by atoms with van der Waals surface area (Å²) in [7, 11) is 0. The monoisotopic (exact) mass is 529 g/mol. The second kappa shape index (κ2) is 9.85. The van der Waals surface area contributed by atoms with Crippen LogP contribution in [0.2, 0.25) is 0 Å². The van der Waals surface area contributed by atoms with E-state index in [1.54, 1.807) is 4.90 Å². The van der Waals surface area contributed by atoms with Crippen molar-refractivity contribution < 1.29 is 19.7 Å². The number of nitrogens with one attached hydrogen (secondary N) is 1. The van der Waals surface area contributed by atoms with Crippen LogP contribution in [0, 0.1) is 0 Å². The molecule has 34 heavy (non-hydrogen) atoms. The number of carbonyl (C=O) groups is 1. The normalized spacial score (nSPS) is 29.4. The first-order valence-corrected chi connectivity index (χ1v) is 12.9. The van der Waals surface area contributed by atoms with Crippen LogP contribution in [-0.4, -0.2) is 76.1 Å². The number of ether oxygens (including phenoxy) is 1. The highest BCUT2D eigenvalue weighted by atomic mass is 79.9. The van der Waals surface area contributed by atoms with Gasteiger partial charge >= 0.3 is 6.03 Å². The summed E-state index contributed by atoms with van der Waals surface area (Å²) >= 11 is 3.51. The number of benzene rings is 2. The lowest BCUT2D eigenvalue weighted by Crippen LogP contribution is -2.69. The summed E-state index contributed by atoms with van der Waals surface area (Å²) in [6, 6.07) is 15.8. The Balaban J connectivity index is 1.32. The first-order valence-electron chi connectivity index (χ1n) is 12.1. The highest BCUT2D eigenvalue weighted by Crippen LogP contribution is 2.43. The van der Waals surface area contributed by atoms with Crippen molar-refractivity contribution in [1.82, 2.24) is 9.80 Å². The number of amides is 2. The first-order chi connectivity index (χ1) is 16.4. The molecule has 0 spiro atoms. The van der Waals surface area contributed by atoms with Crippen LogP contribution < -0.4 is 10.1 Å². The topological polar surface area (TPSA) is 85.3 Å². The number of nitrogens with zero attached hydrogens (tertiary/aromatic N) is 2. The number of carbonyl (C=O) groups excluding carboxylic acids is 1. The van der Waals surface area contributed by atoms with Crippen LogP contribution in [-0.2, 0) is 0 Å². The molecule has 2 amide bonds. The molecule has 3 aliphatic rings. The van der Waals surface area contributed by atoms with Gasteiger partial charge in [0.05, 0.1) is 24.9 Å². The number of halogens is 1. The molecule has 0 unspecified atom stereocenters. The molecular formula is C26H32BrN3O4. The maximum Gasteiger partial charge on any atom is 0.321 e. The minimum Gasteiger partial charge on any atom is -0.490 e. The fourth-order valence-electron chi connectivity index (χ4n) is 5.27. The van der Waals surface area contributed by atoms with Crippen molar-refractivity contribution in [2.24, 2.45) is 0 Å².